The Bertz CT molecular complexity index is 1110. The Labute approximate surface area is 257 Å². The number of hydrogen-bond acceptors (Lipinski definition) is 3. The van der Waals surface area contributed by atoms with Gasteiger partial charge in [0.2, 0.25) is 0 Å². The molecule has 3 nitrogen and oxygen atoms in total. The molecule has 0 atom stereocenters. The van der Waals surface area contributed by atoms with Crippen molar-refractivity contribution in [1.82, 2.24) is 0 Å². The van der Waals surface area contributed by atoms with E-state index in [0.29, 0.717) is 0 Å². The Hall–Kier alpha value is -1.65. The van der Waals surface area contributed by atoms with Gasteiger partial charge in [0.05, 0.1) is 0 Å². The number of alkyl halides is 25. The van der Waals surface area contributed by atoms with E-state index in [4.69, 9.17) is 8.85 Å². The van der Waals surface area contributed by atoms with Crippen LogP contribution in [0.4, 0.5) is 110 Å². The largest absolute Gasteiger partial charge is 0.500 e. The van der Waals surface area contributed by atoms with Crippen molar-refractivity contribution in [2.45, 2.75) is 105 Å². The van der Waals surface area contributed by atoms with Crippen LogP contribution in [0.5, 0.6) is 0 Å². The van der Waals surface area contributed by atoms with Crippen LogP contribution in [0.1, 0.15) is 27.2 Å². The van der Waals surface area contributed by atoms with Crippen LogP contribution in [0.25, 0.3) is 0 Å². The summed E-state index contributed by atoms with van der Waals surface area (Å²) in [5, 5.41) is 0. The molecule has 49 heavy (non-hydrogen) atoms. The molecule has 29 heteroatoms. The molecule has 0 rings (SSSR count). The van der Waals surface area contributed by atoms with Gasteiger partial charge in [-0.05, 0) is 13.8 Å². The summed E-state index contributed by atoms with van der Waals surface area (Å²) in [4.78, 5) is 0. The first kappa shape index (κ1) is 47.3. The van der Waals surface area contributed by atoms with Gasteiger partial charge in [0.1, 0.15) is 0 Å². The van der Waals surface area contributed by atoms with E-state index in [1.807, 2.05) is 0 Å². The molecule has 0 fully saturated rings. The van der Waals surface area contributed by atoms with E-state index in [0.717, 1.165) is 6.92 Å². The maximum absolute atomic E-state index is 14.1. The van der Waals surface area contributed by atoms with E-state index in [1.165, 1.54) is 13.8 Å². The molecule has 0 heterocycles. The second-order valence-electron chi connectivity index (χ2n) is 9.45. The summed E-state index contributed by atoms with van der Waals surface area (Å²) < 4.78 is 353. The molecule has 0 unspecified atom stereocenters. The van der Waals surface area contributed by atoms with Crippen molar-refractivity contribution in [3.05, 3.63) is 0 Å². The van der Waals surface area contributed by atoms with Crippen LogP contribution < -0.4 is 0 Å². The van der Waals surface area contributed by atoms with E-state index in [1.54, 1.807) is 0 Å². The first-order valence-corrected chi connectivity index (χ1v) is 14.2. The molecule has 0 aliphatic rings. The Morgan fingerprint density at radius 1 is 0.347 bits per heavy atom. The summed E-state index contributed by atoms with van der Waals surface area (Å²) in [5.74, 6) is -98.6. The minimum atomic E-state index is -9.62. The smallest absolute Gasteiger partial charge is 0.374 e. The van der Waals surface area contributed by atoms with Crippen molar-refractivity contribution in [2.75, 3.05) is 19.8 Å². The third-order valence-electron chi connectivity index (χ3n) is 6.26. The maximum atomic E-state index is 14.1. The topological polar surface area (TPSA) is 27.7 Å². The molecule has 0 aliphatic carbocycles. The molecule has 0 saturated carbocycles. The first-order valence-electron chi connectivity index (χ1n) is 12.3. The van der Waals surface area contributed by atoms with Gasteiger partial charge in [-0.25, -0.2) is 0 Å². The highest BCUT2D eigenvalue weighted by molar-refractivity contribution is 6.60. The van der Waals surface area contributed by atoms with Crippen LogP contribution in [0.3, 0.4) is 0 Å². The fraction of sp³-hybridized carbons (Fsp3) is 1.00. The van der Waals surface area contributed by atoms with Gasteiger partial charge in [0, 0.05) is 32.3 Å². The summed E-state index contributed by atoms with van der Waals surface area (Å²) in [5.41, 5.74) is 0. The monoisotopic (exact) mass is 810 g/mol. The Morgan fingerprint density at radius 2 is 0.592 bits per heavy atom. The van der Waals surface area contributed by atoms with Crippen molar-refractivity contribution in [3.63, 3.8) is 0 Å². The van der Waals surface area contributed by atoms with Gasteiger partial charge in [-0.2, -0.15) is 110 Å². The van der Waals surface area contributed by atoms with Gasteiger partial charge in [0.25, 0.3) is 0 Å². The molecule has 0 aromatic heterocycles. The third kappa shape index (κ3) is 6.73. The average molecular weight is 810 g/mol. The van der Waals surface area contributed by atoms with Crippen LogP contribution >= 0.6 is 0 Å². The highest BCUT2D eigenvalue weighted by Gasteiger charge is 2.99. The SMILES string of the molecule is CCO[Si](CC)(OCC)OCCC(F)(F)C(F)(F)C(F)(F)C(F)(F)C(F)(F)C(F)(F)C(F)(F)C(F)(F)C(F)(F)C(F)(F)C(F)(F)C(F)(F)F. The molecule has 0 bridgehead atoms. The quantitative estimate of drug-likeness (QED) is 0.0961. The van der Waals surface area contributed by atoms with Crippen LogP contribution in [-0.2, 0) is 13.3 Å². The van der Waals surface area contributed by atoms with Gasteiger partial charge >= 0.3 is 80.1 Å². The summed E-state index contributed by atoms with van der Waals surface area (Å²) >= 11 is 0. The predicted molar refractivity (Wildman–Crippen MR) is 111 cm³/mol. The lowest BCUT2D eigenvalue weighted by atomic mass is 9.84. The van der Waals surface area contributed by atoms with Crippen molar-refractivity contribution < 1.29 is 123 Å². The average Bonchev–Trinajstić information content (AvgIpc) is 2.91. The molecule has 0 N–H and O–H groups in total. The zero-order chi connectivity index (χ0) is 40.2. The molecule has 0 saturated heterocycles. The summed E-state index contributed by atoms with van der Waals surface area (Å²) in [6.07, 6.45) is -11.2. The summed E-state index contributed by atoms with van der Waals surface area (Å²) in [6.45, 7) is 0.777. The van der Waals surface area contributed by atoms with Gasteiger partial charge in [-0.3, -0.25) is 0 Å². The fourth-order valence-electron chi connectivity index (χ4n) is 3.35. The summed E-state index contributed by atoms with van der Waals surface area (Å²) in [6, 6.07) is -0.413. The Morgan fingerprint density at radius 3 is 0.816 bits per heavy atom. The third-order valence-corrected chi connectivity index (χ3v) is 9.23. The van der Waals surface area contributed by atoms with Crippen LogP contribution in [-0.4, -0.2) is 99.9 Å². The molecule has 0 aliphatic heterocycles. The van der Waals surface area contributed by atoms with E-state index >= 15 is 0 Å². The van der Waals surface area contributed by atoms with Gasteiger partial charge < -0.3 is 13.3 Å². The number of rotatable bonds is 19. The highest BCUT2D eigenvalue weighted by atomic mass is 28.4. The van der Waals surface area contributed by atoms with Crippen molar-refractivity contribution in [1.29, 1.82) is 0 Å². The summed E-state index contributed by atoms with van der Waals surface area (Å²) in [7, 11) is -4.17. The Balaban J connectivity index is 7.04. The second-order valence-corrected chi connectivity index (χ2v) is 12.4. The second kappa shape index (κ2) is 13.4. The molecule has 0 aromatic rings. The van der Waals surface area contributed by atoms with Crippen LogP contribution in [0, 0.1) is 0 Å². The minimum absolute atomic E-state index is 0.377. The van der Waals surface area contributed by atoms with E-state index in [-0.39, 0.29) is 13.2 Å². The minimum Gasteiger partial charge on any atom is -0.374 e. The zero-order valence-electron chi connectivity index (χ0n) is 23.7. The Kier molecular flexibility index (Phi) is 12.9. The molecule has 0 aromatic carbocycles. The van der Waals surface area contributed by atoms with Crippen molar-refractivity contribution in [3.8, 4) is 0 Å². The lowest BCUT2D eigenvalue weighted by Crippen LogP contribution is -2.78. The van der Waals surface area contributed by atoms with E-state index < -0.39 is 99.2 Å². The molecular formula is C20H19F25O3Si. The molecule has 0 amide bonds. The first-order chi connectivity index (χ1) is 21.1. The van der Waals surface area contributed by atoms with Gasteiger partial charge in [0.15, 0.2) is 0 Å². The standard InChI is InChI=1S/C20H19F25O3Si/c1-4-46-49(6-3,47-5-2)48-8-7-9(21,22)10(23,24)11(25,26)12(27,28)13(29,30)14(31,32)15(33,34)16(35,36)17(37,38)18(39,40)19(41,42)20(43,44)45/h4-8H2,1-3H3. The number of hydrogen-bond donors (Lipinski definition) is 0. The van der Waals surface area contributed by atoms with Crippen molar-refractivity contribution in [2.24, 2.45) is 0 Å². The van der Waals surface area contributed by atoms with Crippen molar-refractivity contribution >= 4 is 8.80 Å². The maximum Gasteiger partial charge on any atom is 0.500 e. The number of halogens is 25. The predicted octanol–water partition coefficient (Wildman–Crippen LogP) is 9.98. The normalized spacial score (nSPS) is 16.4. The van der Waals surface area contributed by atoms with Gasteiger partial charge in [-0.15, -0.1) is 0 Å². The fourth-order valence-corrected chi connectivity index (χ4v) is 5.50. The lowest BCUT2D eigenvalue weighted by Gasteiger charge is -2.45. The molecule has 296 valence electrons. The molecule has 0 spiro atoms. The lowest BCUT2D eigenvalue weighted by molar-refractivity contribution is -0.482. The zero-order valence-corrected chi connectivity index (χ0v) is 24.7. The van der Waals surface area contributed by atoms with E-state index in [2.05, 4.69) is 4.43 Å². The van der Waals surface area contributed by atoms with Gasteiger partial charge in [-0.1, -0.05) is 6.92 Å². The van der Waals surface area contributed by atoms with E-state index in [9.17, 15) is 110 Å². The molecular weight excluding hydrogens is 791 g/mol. The van der Waals surface area contributed by atoms with Crippen LogP contribution in [0.2, 0.25) is 6.04 Å². The molecule has 0 radical (unpaired) electrons. The van der Waals surface area contributed by atoms with Crippen LogP contribution in [0.15, 0.2) is 0 Å². The highest BCUT2D eigenvalue weighted by Crippen LogP contribution is 2.67.